The number of likely N-dealkylation sites (tertiary alicyclic amines) is 1. The number of aliphatic carboxylic acids is 1. The fraction of sp³-hybridized carbons (Fsp3) is 0.610. The van der Waals surface area contributed by atoms with Gasteiger partial charge in [0.15, 0.2) is 6.10 Å². The van der Waals surface area contributed by atoms with Crippen LogP contribution in [0.5, 0.6) is 5.75 Å². The molecule has 4 unspecified atom stereocenters. The number of amides is 7. The number of thiazole rings is 1. The van der Waals surface area contributed by atoms with Gasteiger partial charge in [0.1, 0.15) is 47.8 Å². The van der Waals surface area contributed by atoms with Crippen LogP contribution in [0.25, 0.3) is 0 Å². The zero-order chi connectivity index (χ0) is 63.7. The molecule has 5 rings (SSSR count). The van der Waals surface area contributed by atoms with E-state index in [1.165, 1.54) is 48.6 Å². The second kappa shape index (κ2) is 32.8. The van der Waals surface area contributed by atoms with Crippen molar-refractivity contribution in [1.82, 2.24) is 35.7 Å². The minimum Gasteiger partial charge on any atom is -0.479 e. The number of carbonyl (C=O) groups is 8. The van der Waals surface area contributed by atoms with Crippen molar-refractivity contribution in [2.45, 2.75) is 173 Å². The fourth-order valence-electron chi connectivity index (χ4n) is 11.0. The fourth-order valence-corrected chi connectivity index (χ4v) is 11.7. The van der Waals surface area contributed by atoms with Crippen LogP contribution in [0.1, 0.15) is 109 Å². The molecule has 2 aliphatic heterocycles. The number of aromatic nitrogens is 1. The van der Waals surface area contributed by atoms with Crippen LogP contribution in [-0.4, -0.2) is 190 Å². The summed E-state index contributed by atoms with van der Waals surface area (Å²) in [5.74, 6) is -1.51. The highest BCUT2D eigenvalue weighted by molar-refractivity contribution is 7.09. The number of nitrogens with zero attached hydrogens (tertiary/aromatic N) is 4. The second-order valence-corrected chi connectivity index (χ2v) is 23.5. The van der Waals surface area contributed by atoms with E-state index in [0.717, 1.165) is 15.5 Å². The van der Waals surface area contributed by atoms with Gasteiger partial charge in [-0.05, 0) is 60.3 Å². The van der Waals surface area contributed by atoms with Gasteiger partial charge < -0.3 is 69.9 Å². The standard InChI is InChI=1S/C59H87N9O17S/c1-12-33(6)47(41(81-10)29-44(71)68-25-16-19-39(68)51(82-11)34(7)53(75)63-38(55-61-24-26-86-55)27-35-17-14-13-15-18-35)66(8)56(77)45(31(2)3)64-54(76)46(32(4)5)67(9)59(80)83-30-36-20-21-40(37(28-36)62-42(69)22-23-43(70)65-60)84-58-50(74)48(72)49(73)52(85-58)57(78)79/h13-15,17-18,20-21,24,26,28,31-34,38-39,41,45-52,58,72-74H,12,16,19,22-23,25,27,29-30,60H2,1-11H3,(H,62,69)(H,63,75)(H,64,76)(H,65,70)(H,78,79)/t33?,34-,38+,39+,41-,45+,46+,47+,48?,49+,50?,51-,52?,58-/m1/s1. The summed E-state index contributed by atoms with van der Waals surface area (Å²) in [5, 5.41) is 52.0. The third-order valence-corrected chi connectivity index (χ3v) is 16.8. The lowest BCUT2D eigenvalue weighted by Gasteiger charge is -2.41. The van der Waals surface area contributed by atoms with Crippen LogP contribution >= 0.6 is 11.3 Å². The molecule has 10 N–H and O–H groups in total. The number of hydrogen-bond acceptors (Lipinski definition) is 19. The summed E-state index contributed by atoms with van der Waals surface area (Å²) in [4.78, 5) is 117. The Morgan fingerprint density at radius 2 is 1.53 bits per heavy atom. The minimum absolute atomic E-state index is 0.102. The molecule has 7 amide bonds. The minimum atomic E-state index is -2.01. The van der Waals surface area contributed by atoms with Crippen LogP contribution < -0.4 is 32.0 Å². The SMILES string of the molecule is CCC(C)[C@@H]([C@@H](CC(=O)N1CCC[C@H]1[C@H](OC)[C@@H](C)C(=O)N[C@@H](Cc1ccccc1)c1nccs1)OC)N(C)C(=O)[C@@H](NC(=O)[C@H](C(C)C)N(C)C(=O)OCc1ccc(O[C@@H]2OC(C(=O)O)[C@@H](O)C(O)C2O)c(NC(=O)CCC(=O)NN)c1)C(C)C. The number of aliphatic hydroxyl groups excluding tert-OH is 3. The van der Waals surface area contributed by atoms with Crippen LogP contribution in [0.15, 0.2) is 60.1 Å². The van der Waals surface area contributed by atoms with Crippen molar-refractivity contribution in [3.63, 3.8) is 0 Å². The number of likely N-dealkylation sites (N-methyl/N-ethyl adjacent to an activating group) is 2. The first-order valence-electron chi connectivity index (χ1n) is 28.8. The highest BCUT2D eigenvalue weighted by Crippen LogP contribution is 2.34. The van der Waals surface area contributed by atoms with Crippen molar-refractivity contribution < 1.29 is 82.5 Å². The number of benzene rings is 2. The monoisotopic (exact) mass is 1230 g/mol. The molecular weight excluding hydrogens is 1140 g/mol. The molecule has 3 heterocycles. The third-order valence-electron chi connectivity index (χ3n) is 15.9. The molecule has 2 saturated heterocycles. The summed E-state index contributed by atoms with van der Waals surface area (Å²) < 4.78 is 28.8. The summed E-state index contributed by atoms with van der Waals surface area (Å²) in [6.45, 7) is 12.7. The lowest BCUT2D eigenvalue weighted by atomic mass is 9.89. The zero-order valence-electron chi connectivity index (χ0n) is 50.7. The maximum absolute atomic E-state index is 14.8. The van der Waals surface area contributed by atoms with E-state index in [0.29, 0.717) is 32.2 Å². The first-order chi connectivity index (χ1) is 40.8. The van der Waals surface area contributed by atoms with Gasteiger partial charge in [0.2, 0.25) is 41.7 Å². The first-order valence-corrected chi connectivity index (χ1v) is 29.7. The van der Waals surface area contributed by atoms with Gasteiger partial charge in [0.25, 0.3) is 0 Å². The zero-order valence-corrected chi connectivity index (χ0v) is 51.6. The number of ether oxygens (including phenoxy) is 5. The van der Waals surface area contributed by atoms with E-state index in [4.69, 9.17) is 29.5 Å². The number of rotatable bonds is 30. The molecule has 2 aromatic carbocycles. The van der Waals surface area contributed by atoms with Crippen molar-refractivity contribution in [1.29, 1.82) is 0 Å². The number of nitrogens with two attached hydrogens (primary N) is 1. The highest BCUT2D eigenvalue weighted by Gasteiger charge is 2.49. The van der Waals surface area contributed by atoms with Crippen molar-refractivity contribution >= 4 is 64.5 Å². The van der Waals surface area contributed by atoms with Gasteiger partial charge in [0.05, 0.1) is 48.4 Å². The molecule has 476 valence electrons. The van der Waals surface area contributed by atoms with Gasteiger partial charge in [-0.1, -0.05) is 91.3 Å². The highest BCUT2D eigenvalue weighted by atomic mass is 32.1. The van der Waals surface area contributed by atoms with Crippen LogP contribution in [0.4, 0.5) is 10.5 Å². The number of methoxy groups -OCH3 is 2. The van der Waals surface area contributed by atoms with E-state index >= 15 is 0 Å². The predicted molar refractivity (Wildman–Crippen MR) is 314 cm³/mol. The van der Waals surface area contributed by atoms with E-state index in [2.05, 4.69) is 20.9 Å². The summed E-state index contributed by atoms with van der Waals surface area (Å²) >= 11 is 1.46. The lowest BCUT2D eigenvalue weighted by molar-refractivity contribution is -0.271. The molecule has 0 bridgehead atoms. The van der Waals surface area contributed by atoms with Gasteiger partial charge in [-0.3, -0.25) is 39.1 Å². The molecular formula is C59H87N9O17S. The Morgan fingerprint density at radius 3 is 2.13 bits per heavy atom. The molecule has 0 aliphatic carbocycles. The summed E-state index contributed by atoms with van der Waals surface area (Å²) in [5.41, 5.74) is 3.07. The van der Waals surface area contributed by atoms with E-state index < -0.39 is 127 Å². The Labute approximate surface area is 505 Å². The van der Waals surface area contributed by atoms with Gasteiger partial charge in [-0.25, -0.2) is 20.4 Å². The van der Waals surface area contributed by atoms with Crippen molar-refractivity contribution in [3.05, 3.63) is 76.2 Å². The Kier molecular flexibility index (Phi) is 26.6. The smallest absolute Gasteiger partial charge is 0.410 e. The Morgan fingerprint density at radius 1 is 0.849 bits per heavy atom. The molecule has 86 heavy (non-hydrogen) atoms. The molecule has 1 aromatic heterocycles. The lowest BCUT2D eigenvalue weighted by Crippen LogP contribution is -2.61. The van der Waals surface area contributed by atoms with E-state index in [9.17, 15) is 58.8 Å². The van der Waals surface area contributed by atoms with Crippen LogP contribution in [-0.2, 0) is 65.5 Å². The average Bonchev–Trinajstić information content (AvgIpc) is 1.85. The van der Waals surface area contributed by atoms with Gasteiger partial charge >= 0.3 is 12.1 Å². The number of anilines is 1. The van der Waals surface area contributed by atoms with Crippen molar-refractivity contribution in [3.8, 4) is 5.75 Å². The number of hydrogen-bond donors (Lipinski definition) is 9. The largest absolute Gasteiger partial charge is 0.479 e. The molecule has 26 nitrogen and oxygen atoms in total. The summed E-state index contributed by atoms with van der Waals surface area (Å²) in [7, 11) is 6.00. The molecule has 27 heteroatoms. The van der Waals surface area contributed by atoms with Gasteiger partial charge in [0, 0.05) is 59.3 Å². The van der Waals surface area contributed by atoms with Crippen molar-refractivity contribution in [2.75, 3.05) is 40.2 Å². The first kappa shape index (κ1) is 69.9. The molecule has 2 fully saturated rings. The molecule has 2 aliphatic rings. The van der Waals surface area contributed by atoms with E-state index in [1.807, 2.05) is 55.0 Å². The van der Waals surface area contributed by atoms with Gasteiger partial charge in [-0.15, -0.1) is 11.3 Å². The normalized spacial score (nSPS) is 21.4. The Hall–Kier alpha value is -6.85. The Bertz CT molecular complexity index is 2740. The molecule has 0 saturated carbocycles. The van der Waals surface area contributed by atoms with Crippen molar-refractivity contribution in [2.24, 2.45) is 29.5 Å². The van der Waals surface area contributed by atoms with Crippen LogP contribution in [0.3, 0.4) is 0 Å². The topological polar surface area (TPSA) is 360 Å². The maximum Gasteiger partial charge on any atom is 0.410 e. The Balaban J connectivity index is 1.27. The van der Waals surface area contributed by atoms with E-state index in [-0.39, 0.29) is 60.0 Å². The molecule has 0 spiro atoms. The number of carbonyl (C=O) groups excluding carboxylic acids is 7. The number of hydrazine groups is 1. The van der Waals surface area contributed by atoms with Gasteiger partial charge in [-0.2, -0.15) is 0 Å². The van der Waals surface area contributed by atoms with E-state index in [1.54, 1.807) is 59.9 Å². The average molecular weight is 1230 g/mol. The summed E-state index contributed by atoms with van der Waals surface area (Å²) in [6.07, 6.45) is -8.87. The van der Waals surface area contributed by atoms with Crippen LogP contribution in [0, 0.1) is 23.7 Å². The molecule has 0 radical (unpaired) electrons. The number of carboxylic acids is 1. The quantitative estimate of drug-likeness (QED) is 0.0263. The number of carboxylic acid groups (broad SMARTS) is 1. The third kappa shape index (κ3) is 18.1. The predicted octanol–water partition coefficient (Wildman–Crippen LogP) is 2.88. The number of nitrogens with one attached hydrogen (secondary N) is 4. The summed E-state index contributed by atoms with van der Waals surface area (Å²) in [6, 6.07) is 10.1. The maximum atomic E-state index is 14.8. The second-order valence-electron chi connectivity index (χ2n) is 22.6. The van der Waals surface area contributed by atoms with Crippen LogP contribution in [0.2, 0.25) is 0 Å². The number of aliphatic hydroxyl groups is 3. The molecule has 14 atom stereocenters. The molecule has 3 aromatic rings.